The molecule has 0 bridgehead atoms. The lowest BCUT2D eigenvalue weighted by atomic mass is 10.2. The molecule has 0 saturated heterocycles. The molecule has 0 radical (unpaired) electrons. The van der Waals surface area contributed by atoms with Crippen molar-refractivity contribution in [2.24, 2.45) is 5.92 Å². The Morgan fingerprint density at radius 1 is 1.42 bits per heavy atom. The van der Waals surface area contributed by atoms with Crippen molar-refractivity contribution in [1.82, 2.24) is 9.55 Å². The topological polar surface area (TPSA) is 55.1 Å². The second-order valence-electron chi connectivity index (χ2n) is 5.87. The Labute approximate surface area is 111 Å². The minimum Gasteiger partial charge on any atom is -0.478 e. The number of hydrogen-bond donors (Lipinski definition) is 1. The number of carboxylic acids is 1. The van der Waals surface area contributed by atoms with Crippen LogP contribution in [0.3, 0.4) is 0 Å². The van der Waals surface area contributed by atoms with Gasteiger partial charge in [-0.05, 0) is 37.3 Å². The Bertz CT molecular complexity index is 685. The Balaban J connectivity index is 1.99. The van der Waals surface area contributed by atoms with E-state index >= 15 is 0 Å². The molecular weight excluding hydrogens is 240 g/mol. The van der Waals surface area contributed by atoms with Crippen molar-refractivity contribution in [3.63, 3.8) is 0 Å². The van der Waals surface area contributed by atoms with Gasteiger partial charge in [-0.3, -0.25) is 0 Å². The van der Waals surface area contributed by atoms with E-state index in [1.54, 1.807) is 6.07 Å². The van der Waals surface area contributed by atoms with Gasteiger partial charge in [0.2, 0.25) is 0 Å². The quantitative estimate of drug-likeness (QED) is 0.917. The molecular formula is C15H16N2O2. The van der Waals surface area contributed by atoms with Crippen LogP contribution in [0.5, 0.6) is 0 Å². The number of aromatic nitrogens is 2. The summed E-state index contributed by atoms with van der Waals surface area (Å²) in [5.74, 6) is 1.45. The number of rotatable bonds is 3. The van der Waals surface area contributed by atoms with E-state index in [1.807, 2.05) is 12.1 Å². The van der Waals surface area contributed by atoms with E-state index in [-0.39, 0.29) is 0 Å². The zero-order valence-corrected chi connectivity index (χ0v) is 10.8. The van der Waals surface area contributed by atoms with Crippen LogP contribution in [0.15, 0.2) is 18.2 Å². The second-order valence-corrected chi connectivity index (χ2v) is 5.87. The van der Waals surface area contributed by atoms with Crippen molar-refractivity contribution in [2.75, 3.05) is 0 Å². The number of fused-ring (bicyclic) bond motifs is 1. The third-order valence-electron chi connectivity index (χ3n) is 4.32. The SMILES string of the molecule is CC1CC1n1c(C2CC2)nc2c(C(=O)O)cccc21. The van der Waals surface area contributed by atoms with E-state index in [0.29, 0.717) is 29.0 Å². The van der Waals surface area contributed by atoms with E-state index in [0.717, 1.165) is 11.3 Å². The van der Waals surface area contributed by atoms with Crippen LogP contribution in [0.2, 0.25) is 0 Å². The average molecular weight is 256 g/mol. The number of benzene rings is 1. The standard InChI is InChI=1S/C15H16N2O2/c1-8-7-12(8)17-11-4-2-3-10(15(18)19)13(11)16-14(17)9-5-6-9/h2-4,8-9,12H,5-7H2,1H3,(H,18,19). The molecule has 2 aliphatic carbocycles. The Hall–Kier alpha value is -1.84. The highest BCUT2D eigenvalue weighted by Crippen LogP contribution is 2.49. The first-order valence-electron chi connectivity index (χ1n) is 6.91. The van der Waals surface area contributed by atoms with Crippen LogP contribution in [0, 0.1) is 5.92 Å². The lowest BCUT2D eigenvalue weighted by molar-refractivity contribution is 0.0699. The summed E-state index contributed by atoms with van der Waals surface area (Å²) in [4.78, 5) is 16.0. The first kappa shape index (κ1) is 11.0. The molecule has 2 saturated carbocycles. The number of imidazole rings is 1. The Kier molecular flexibility index (Phi) is 2.08. The van der Waals surface area contributed by atoms with Crippen molar-refractivity contribution in [2.45, 2.75) is 38.1 Å². The third kappa shape index (κ3) is 1.59. The van der Waals surface area contributed by atoms with Gasteiger partial charge in [0.25, 0.3) is 0 Å². The Morgan fingerprint density at radius 3 is 2.74 bits per heavy atom. The molecule has 2 aromatic rings. The summed E-state index contributed by atoms with van der Waals surface area (Å²) < 4.78 is 2.31. The molecule has 0 aliphatic heterocycles. The molecule has 98 valence electrons. The maximum atomic E-state index is 11.3. The van der Waals surface area contributed by atoms with Crippen LogP contribution >= 0.6 is 0 Å². The molecule has 2 fully saturated rings. The zero-order valence-electron chi connectivity index (χ0n) is 10.8. The van der Waals surface area contributed by atoms with Crippen LogP contribution in [-0.2, 0) is 0 Å². The molecule has 4 nitrogen and oxygen atoms in total. The fourth-order valence-corrected chi connectivity index (χ4v) is 2.95. The van der Waals surface area contributed by atoms with Gasteiger partial charge in [0.15, 0.2) is 0 Å². The summed E-state index contributed by atoms with van der Waals surface area (Å²) in [6.45, 7) is 2.24. The second kappa shape index (κ2) is 3.59. The number of nitrogens with zero attached hydrogens (tertiary/aromatic N) is 2. The van der Waals surface area contributed by atoms with Crippen LogP contribution in [0.4, 0.5) is 0 Å². The van der Waals surface area contributed by atoms with Crippen LogP contribution < -0.4 is 0 Å². The van der Waals surface area contributed by atoms with Gasteiger partial charge in [-0.15, -0.1) is 0 Å². The predicted molar refractivity (Wildman–Crippen MR) is 71.5 cm³/mol. The monoisotopic (exact) mass is 256 g/mol. The van der Waals surface area contributed by atoms with E-state index in [1.165, 1.54) is 19.3 Å². The van der Waals surface area contributed by atoms with E-state index in [4.69, 9.17) is 0 Å². The largest absolute Gasteiger partial charge is 0.478 e. The van der Waals surface area contributed by atoms with Crippen molar-refractivity contribution >= 4 is 17.0 Å². The molecule has 0 amide bonds. The van der Waals surface area contributed by atoms with E-state index in [2.05, 4.69) is 16.5 Å². The molecule has 4 heteroatoms. The molecule has 1 N–H and O–H groups in total. The number of carboxylic acid groups (broad SMARTS) is 1. The normalized spacial score (nSPS) is 25.7. The smallest absolute Gasteiger partial charge is 0.337 e. The molecule has 2 unspecified atom stereocenters. The van der Waals surface area contributed by atoms with Crippen LogP contribution in [0.1, 0.15) is 54.3 Å². The van der Waals surface area contributed by atoms with Gasteiger partial charge in [0, 0.05) is 12.0 Å². The van der Waals surface area contributed by atoms with E-state index < -0.39 is 5.97 Å². The summed E-state index contributed by atoms with van der Waals surface area (Å²) in [6.07, 6.45) is 3.56. The summed E-state index contributed by atoms with van der Waals surface area (Å²) >= 11 is 0. The highest BCUT2D eigenvalue weighted by atomic mass is 16.4. The number of carbonyl (C=O) groups is 1. The predicted octanol–water partition coefficient (Wildman–Crippen LogP) is 3.19. The summed E-state index contributed by atoms with van der Waals surface area (Å²) in [5, 5.41) is 9.29. The zero-order chi connectivity index (χ0) is 13.1. The summed E-state index contributed by atoms with van der Waals surface area (Å²) in [7, 11) is 0. The fourth-order valence-electron chi connectivity index (χ4n) is 2.95. The molecule has 4 rings (SSSR count). The summed E-state index contributed by atoms with van der Waals surface area (Å²) in [6, 6.07) is 6.00. The minimum atomic E-state index is -0.888. The number of aromatic carboxylic acids is 1. The van der Waals surface area contributed by atoms with Gasteiger partial charge >= 0.3 is 5.97 Å². The first-order valence-corrected chi connectivity index (χ1v) is 6.91. The molecule has 2 aliphatic rings. The third-order valence-corrected chi connectivity index (χ3v) is 4.32. The van der Waals surface area contributed by atoms with Gasteiger partial charge in [0.05, 0.1) is 11.1 Å². The molecule has 2 atom stereocenters. The van der Waals surface area contributed by atoms with Crippen molar-refractivity contribution in [1.29, 1.82) is 0 Å². The van der Waals surface area contributed by atoms with Crippen molar-refractivity contribution < 1.29 is 9.90 Å². The van der Waals surface area contributed by atoms with Crippen molar-refractivity contribution in [3.8, 4) is 0 Å². The highest BCUT2D eigenvalue weighted by molar-refractivity contribution is 6.01. The van der Waals surface area contributed by atoms with Gasteiger partial charge in [0.1, 0.15) is 11.3 Å². The number of para-hydroxylation sites is 1. The average Bonchev–Trinajstić information content (AvgIpc) is 3.29. The first-order chi connectivity index (χ1) is 9.16. The Morgan fingerprint density at radius 2 is 2.16 bits per heavy atom. The fraction of sp³-hybridized carbons (Fsp3) is 0.467. The molecule has 19 heavy (non-hydrogen) atoms. The molecule has 1 aromatic carbocycles. The van der Waals surface area contributed by atoms with Crippen LogP contribution in [0.25, 0.3) is 11.0 Å². The lowest BCUT2D eigenvalue weighted by Crippen LogP contribution is -2.01. The lowest BCUT2D eigenvalue weighted by Gasteiger charge is -2.07. The molecule has 1 aromatic heterocycles. The molecule has 0 spiro atoms. The van der Waals surface area contributed by atoms with Gasteiger partial charge < -0.3 is 9.67 Å². The van der Waals surface area contributed by atoms with Gasteiger partial charge in [-0.1, -0.05) is 13.0 Å². The summed E-state index contributed by atoms with van der Waals surface area (Å²) in [5.41, 5.74) is 1.98. The maximum Gasteiger partial charge on any atom is 0.337 e. The van der Waals surface area contributed by atoms with Crippen molar-refractivity contribution in [3.05, 3.63) is 29.6 Å². The highest BCUT2D eigenvalue weighted by Gasteiger charge is 2.40. The van der Waals surface area contributed by atoms with Gasteiger partial charge in [-0.2, -0.15) is 0 Å². The number of hydrogen-bond acceptors (Lipinski definition) is 2. The minimum absolute atomic E-state index is 0.325. The van der Waals surface area contributed by atoms with E-state index in [9.17, 15) is 9.90 Å². The van der Waals surface area contributed by atoms with Gasteiger partial charge in [-0.25, -0.2) is 9.78 Å². The van der Waals surface area contributed by atoms with Crippen LogP contribution in [-0.4, -0.2) is 20.6 Å². The maximum absolute atomic E-state index is 11.3. The molecule has 1 heterocycles.